The van der Waals surface area contributed by atoms with Crippen LogP contribution < -0.4 is 0 Å². The number of hydrogen-bond donors (Lipinski definition) is 1. The number of fused-ring (bicyclic) bond motifs is 2. The molecule has 1 N–H and O–H groups in total. The number of hydrogen-bond acceptors (Lipinski definition) is 5. The molecule has 2 bridgehead atoms. The fraction of sp³-hybridized carbons (Fsp3) is 0.625. The lowest BCUT2D eigenvalue weighted by Gasteiger charge is -2.47. The Morgan fingerprint density at radius 3 is 2.62 bits per heavy atom. The molecule has 5 heteroatoms. The predicted octanol–water partition coefficient (Wildman–Crippen LogP) is 1.55. The van der Waals surface area contributed by atoms with Gasteiger partial charge in [-0.05, 0) is 25.5 Å². The van der Waals surface area contributed by atoms with Crippen LogP contribution in [0.4, 0.5) is 0 Å². The van der Waals surface area contributed by atoms with Crippen LogP contribution in [0.15, 0.2) is 23.8 Å². The van der Waals surface area contributed by atoms with Crippen molar-refractivity contribution in [2.24, 2.45) is 5.41 Å². The summed E-state index contributed by atoms with van der Waals surface area (Å²) in [5.41, 5.74) is -2.13. The topological polar surface area (TPSA) is 72.8 Å². The molecule has 0 aromatic rings. The summed E-state index contributed by atoms with van der Waals surface area (Å²) in [6.07, 6.45) is 5.17. The van der Waals surface area contributed by atoms with Gasteiger partial charge in [-0.3, -0.25) is 4.79 Å². The van der Waals surface area contributed by atoms with Crippen LogP contribution in [-0.2, 0) is 19.1 Å². The van der Waals surface area contributed by atoms with E-state index in [0.29, 0.717) is 18.6 Å². The van der Waals surface area contributed by atoms with Crippen molar-refractivity contribution in [3.05, 3.63) is 23.8 Å². The molecule has 0 amide bonds. The molecule has 1 heterocycles. The summed E-state index contributed by atoms with van der Waals surface area (Å²) in [4.78, 5) is 23.1. The van der Waals surface area contributed by atoms with Crippen molar-refractivity contribution in [2.75, 3.05) is 13.7 Å². The summed E-state index contributed by atoms with van der Waals surface area (Å²) in [7, 11) is 1.31. The molecule has 0 radical (unpaired) electrons. The van der Waals surface area contributed by atoms with Crippen LogP contribution in [0.1, 0.15) is 33.6 Å². The molecule has 0 aromatic carbocycles. The van der Waals surface area contributed by atoms with Crippen molar-refractivity contribution in [3.8, 4) is 0 Å². The Balaban J connectivity index is 2.32. The molecule has 5 nitrogen and oxygen atoms in total. The highest BCUT2D eigenvalue weighted by atomic mass is 16.5. The van der Waals surface area contributed by atoms with Gasteiger partial charge in [-0.2, -0.15) is 0 Å². The van der Waals surface area contributed by atoms with Gasteiger partial charge in [0, 0.05) is 24.3 Å². The zero-order valence-electron chi connectivity index (χ0n) is 12.9. The van der Waals surface area contributed by atoms with Crippen LogP contribution in [0.2, 0.25) is 0 Å². The number of ether oxygens (including phenoxy) is 2. The maximum Gasteiger partial charge on any atom is 0.330 e. The van der Waals surface area contributed by atoms with Crippen molar-refractivity contribution >= 4 is 11.8 Å². The van der Waals surface area contributed by atoms with Gasteiger partial charge in [0.1, 0.15) is 17.0 Å². The zero-order valence-corrected chi connectivity index (χ0v) is 12.9. The Bertz CT molecular complexity index is 511. The minimum Gasteiger partial charge on any atom is -0.466 e. The predicted molar refractivity (Wildman–Crippen MR) is 76.6 cm³/mol. The first kappa shape index (κ1) is 15.9. The lowest BCUT2D eigenvalue weighted by Crippen LogP contribution is -2.60. The van der Waals surface area contributed by atoms with E-state index < -0.39 is 22.6 Å². The molecule has 0 spiro atoms. The highest BCUT2D eigenvalue weighted by Gasteiger charge is 2.67. The van der Waals surface area contributed by atoms with Crippen molar-refractivity contribution in [1.29, 1.82) is 0 Å². The second-order valence-corrected chi connectivity index (χ2v) is 6.48. The Hall–Kier alpha value is -1.46. The lowest BCUT2D eigenvalue weighted by atomic mass is 9.59. The molecule has 1 saturated heterocycles. The SMILES string of the molecule is COC(=O)/C=C(C)/C=C/[C@]1(O)[C@@]2(C)CO[C@]1(C)CC(=O)C2. The largest absolute Gasteiger partial charge is 0.466 e. The molecule has 1 saturated carbocycles. The van der Waals surface area contributed by atoms with Gasteiger partial charge < -0.3 is 14.6 Å². The van der Waals surface area contributed by atoms with Crippen LogP contribution in [0.25, 0.3) is 0 Å². The Morgan fingerprint density at radius 2 is 2.05 bits per heavy atom. The van der Waals surface area contributed by atoms with E-state index in [0.717, 1.165) is 0 Å². The molecule has 3 atom stereocenters. The highest BCUT2D eigenvalue weighted by Crippen LogP contribution is 2.56. The summed E-state index contributed by atoms with van der Waals surface area (Å²) in [6.45, 7) is 5.71. The molecular formula is C16H22O5. The van der Waals surface area contributed by atoms with Crippen molar-refractivity contribution in [1.82, 2.24) is 0 Å². The zero-order chi connectivity index (χ0) is 15.9. The minimum atomic E-state index is -1.24. The number of methoxy groups -OCH3 is 1. The van der Waals surface area contributed by atoms with Crippen LogP contribution in [0.3, 0.4) is 0 Å². The molecule has 0 unspecified atom stereocenters. The lowest BCUT2D eigenvalue weighted by molar-refractivity contribution is -0.151. The fourth-order valence-corrected chi connectivity index (χ4v) is 3.34. The molecule has 1 aliphatic carbocycles. The average Bonchev–Trinajstić information content (AvgIpc) is 2.51. The van der Waals surface area contributed by atoms with Gasteiger partial charge in [0.25, 0.3) is 0 Å². The van der Waals surface area contributed by atoms with E-state index in [2.05, 4.69) is 4.74 Å². The Labute approximate surface area is 124 Å². The quantitative estimate of drug-likeness (QED) is 0.486. The number of carbonyl (C=O) groups is 2. The summed E-state index contributed by atoms with van der Waals surface area (Å²) >= 11 is 0. The number of aliphatic hydroxyl groups is 1. The first-order chi connectivity index (χ1) is 9.66. The summed E-state index contributed by atoms with van der Waals surface area (Å²) in [6, 6.07) is 0. The minimum absolute atomic E-state index is 0.109. The maximum atomic E-state index is 11.9. The molecule has 2 fully saturated rings. The fourth-order valence-electron chi connectivity index (χ4n) is 3.34. The van der Waals surface area contributed by atoms with Crippen molar-refractivity contribution < 1.29 is 24.2 Å². The highest BCUT2D eigenvalue weighted by molar-refractivity contribution is 5.83. The number of allylic oxidation sites excluding steroid dienone is 2. The van der Waals surface area contributed by atoms with E-state index in [1.54, 1.807) is 26.0 Å². The smallest absolute Gasteiger partial charge is 0.330 e. The van der Waals surface area contributed by atoms with Gasteiger partial charge in [0.05, 0.1) is 13.7 Å². The number of rotatable bonds is 3. The van der Waals surface area contributed by atoms with Gasteiger partial charge in [0.15, 0.2) is 0 Å². The van der Waals surface area contributed by atoms with E-state index in [9.17, 15) is 14.7 Å². The first-order valence-electron chi connectivity index (χ1n) is 6.99. The van der Waals surface area contributed by atoms with E-state index in [4.69, 9.17) is 4.74 Å². The standard InChI is InChI=1S/C16H22O5/c1-11(7-13(18)20-4)5-6-16(19)14(2)8-12(17)9-15(16,3)21-10-14/h5-7,19H,8-10H2,1-4H3/b6-5+,11-7+/t14-,15-,16+/m1/s1. The molecule has 1 aliphatic heterocycles. The third kappa shape index (κ3) is 2.45. The number of Topliss-reactive ketones (excluding diaryl/α,β-unsaturated/α-hetero) is 1. The van der Waals surface area contributed by atoms with Gasteiger partial charge in [-0.15, -0.1) is 0 Å². The number of esters is 1. The van der Waals surface area contributed by atoms with Crippen LogP contribution >= 0.6 is 0 Å². The van der Waals surface area contributed by atoms with E-state index >= 15 is 0 Å². The average molecular weight is 294 g/mol. The van der Waals surface area contributed by atoms with Gasteiger partial charge in [0.2, 0.25) is 0 Å². The molecular weight excluding hydrogens is 272 g/mol. The Morgan fingerprint density at radius 1 is 1.38 bits per heavy atom. The van der Waals surface area contributed by atoms with Crippen molar-refractivity contribution in [2.45, 2.75) is 44.8 Å². The molecule has 116 valence electrons. The van der Waals surface area contributed by atoms with Crippen LogP contribution in [0, 0.1) is 5.41 Å². The first-order valence-corrected chi connectivity index (χ1v) is 6.99. The molecule has 21 heavy (non-hydrogen) atoms. The third-order valence-electron chi connectivity index (χ3n) is 4.69. The third-order valence-corrected chi connectivity index (χ3v) is 4.69. The summed E-state index contributed by atoms with van der Waals surface area (Å²) in [5.74, 6) is -0.336. The maximum absolute atomic E-state index is 11.9. The summed E-state index contributed by atoms with van der Waals surface area (Å²) < 4.78 is 10.3. The van der Waals surface area contributed by atoms with Crippen LogP contribution in [0.5, 0.6) is 0 Å². The molecule has 2 rings (SSSR count). The van der Waals surface area contributed by atoms with Gasteiger partial charge >= 0.3 is 5.97 Å². The second kappa shape index (κ2) is 5.07. The number of ketones is 1. The molecule has 2 aliphatic rings. The van der Waals surface area contributed by atoms with Gasteiger partial charge in [-0.1, -0.05) is 13.0 Å². The second-order valence-electron chi connectivity index (χ2n) is 6.48. The van der Waals surface area contributed by atoms with E-state index in [1.165, 1.54) is 13.2 Å². The van der Waals surface area contributed by atoms with Gasteiger partial charge in [-0.25, -0.2) is 4.79 Å². The van der Waals surface area contributed by atoms with E-state index in [1.807, 2.05) is 6.92 Å². The van der Waals surface area contributed by atoms with Crippen molar-refractivity contribution in [3.63, 3.8) is 0 Å². The Kier molecular flexibility index (Phi) is 3.84. The monoisotopic (exact) mass is 294 g/mol. The molecule has 0 aromatic heterocycles. The summed E-state index contributed by atoms with van der Waals surface area (Å²) in [5, 5.41) is 11.1. The van der Waals surface area contributed by atoms with E-state index in [-0.39, 0.29) is 12.2 Å². The number of carbonyl (C=O) groups excluding carboxylic acids is 2. The van der Waals surface area contributed by atoms with Crippen LogP contribution in [-0.4, -0.2) is 41.8 Å². The normalized spacial score (nSPS) is 39.9.